The van der Waals surface area contributed by atoms with Crippen LogP contribution in [0.4, 0.5) is 4.79 Å². The van der Waals surface area contributed by atoms with Gasteiger partial charge in [0.05, 0.1) is 11.7 Å². The summed E-state index contributed by atoms with van der Waals surface area (Å²) < 4.78 is 7.55. The number of nitrogens with zero attached hydrogens (tertiary/aromatic N) is 3. The van der Waals surface area contributed by atoms with E-state index in [4.69, 9.17) is 4.74 Å². The van der Waals surface area contributed by atoms with Crippen LogP contribution < -0.4 is 5.32 Å². The van der Waals surface area contributed by atoms with E-state index in [1.807, 2.05) is 38.9 Å². The third kappa shape index (κ3) is 4.47. The molecule has 1 amide bonds. The van der Waals surface area contributed by atoms with Crippen LogP contribution >= 0.6 is 0 Å². The second-order valence-electron chi connectivity index (χ2n) is 7.22. The summed E-state index contributed by atoms with van der Waals surface area (Å²) in [7, 11) is 1.98. The molecule has 1 fully saturated rings. The fourth-order valence-electron chi connectivity index (χ4n) is 3.18. The van der Waals surface area contributed by atoms with Crippen LogP contribution in [0.3, 0.4) is 0 Å². The van der Waals surface area contributed by atoms with Crippen LogP contribution in [0.25, 0.3) is 0 Å². The molecule has 1 saturated heterocycles. The molecule has 0 aromatic carbocycles. The quantitative estimate of drug-likeness (QED) is 0.905. The van der Waals surface area contributed by atoms with Crippen molar-refractivity contribution in [2.24, 2.45) is 5.92 Å². The van der Waals surface area contributed by atoms with Gasteiger partial charge in [-0.25, -0.2) is 4.79 Å². The van der Waals surface area contributed by atoms with Gasteiger partial charge < -0.3 is 15.0 Å². The highest BCUT2D eigenvalue weighted by Crippen LogP contribution is 2.30. The monoisotopic (exact) mass is 322 g/mol. The third-order valence-corrected chi connectivity index (χ3v) is 4.16. The SMILES string of the molecule is CCCn1nccc1C(NC)C1CCN(C(=O)OC(C)(C)C)C1. The number of amides is 1. The number of hydrogen-bond donors (Lipinski definition) is 1. The van der Waals surface area contributed by atoms with E-state index in [0.29, 0.717) is 5.92 Å². The standard InChI is InChI=1S/C17H30N4O2/c1-6-10-21-14(7-9-19-21)15(18-5)13-8-11-20(12-13)16(22)23-17(2,3)4/h7,9,13,15,18H,6,8,10-12H2,1-5H3. The van der Waals surface area contributed by atoms with Crippen LogP contribution in [0.15, 0.2) is 12.3 Å². The van der Waals surface area contributed by atoms with Gasteiger partial charge in [-0.2, -0.15) is 5.10 Å². The zero-order chi connectivity index (χ0) is 17.0. The molecule has 1 aliphatic heterocycles. The molecule has 130 valence electrons. The summed E-state index contributed by atoms with van der Waals surface area (Å²) in [4.78, 5) is 14.1. The zero-order valence-electron chi connectivity index (χ0n) is 15.0. The van der Waals surface area contributed by atoms with E-state index in [1.54, 1.807) is 0 Å². The number of nitrogens with one attached hydrogen (secondary N) is 1. The minimum atomic E-state index is -0.447. The van der Waals surface area contributed by atoms with Gasteiger partial charge in [0.1, 0.15) is 5.60 Å². The summed E-state index contributed by atoms with van der Waals surface area (Å²) in [5.41, 5.74) is 0.752. The summed E-state index contributed by atoms with van der Waals surface area (Å²) in [5, 5.41) is 7.83. The van der Waals surface area contributed by atoms with Crippen molar-refractivity contribution in [3.8, 4) is 0 Å². The molecule has 2 rings (SSSR count). The van der Waals surface area contributed by atoms with Crippen molar-refractivity contribution >= 4 is 6.09 Å². The molecule has 1 aromatic rings. The average Bonchev–Trinajstić information content (AvgIpc) is 3.09. The lowest BCUT2D eigenvalue weighted by molar-refractivity contribution is 0.0285. The second-order valence-corrected chi connectivity index (χ2v) is 7.22. The Hall–Kier alpha value is -1.56. The lowest BCUT2D eigenvalue weighted by atomic mass is 9.96. The summed E-state index contributed by atoms with van der Waals surface area (Å²) in [5.74, 6) is 0.375. The van der Waals surface area contributed by atoms with Crippen LogP contribution in [-0.4, -0.2) is 46.5 Å². The van der Waals surface area contributed by atoms with E-state index in [-0.39, 0.29) is 12.1 Å². The lowest BCUT2D eigenvalue weighted by Crippen LogP contribution is -2.36. The summed E-state index contributed by atoms with van der Waals surface area (Å²) in [6.07, 6.45) is 3.68. The van der Waals surface area contributed by atoms with Gasteiger partial charge in [-0.05, 0) is 52.6 Å². The van der Waals surface area contributed by atoms with Crippen molar-refractivity contribution < 1.29 is 9.53 Å². The molecule has 0 radical (unpaired) electrons. The molecular formula is C17H30N4O2. The molecule has 1 aliphatic rings. The first-order valence-electron chi connectivity index (χ1n) is 8.52. The smallest absolute Gasteiger partial charge is 0.410 e. The maximum atomic E-state index is 12.2. The van der Waals surface area contributed by atoms with E-state index in [9.17, 15) is 4.79 Å². The topological polar surface area (TPSA) is 59.4 Å². The zero-order valence-corrected chi connectivity index (χ0v) is 15.0. The van der Waals surface area contributed by atoms with E-state index in [2.05, 4.69) is 28.1 Å². The average molecular weight is 322 g/mol. The largest absolute Gasteiger partial charge is 0.444 e. The normalized spacial score (nSPS) is 19.9. The lowest BCUT2D eigenvalue weighted by Gasteiger charge is -2.26. The number of aromatic nitrogens is 2. The minimum absolute atomic E-state index is 0.205. The van der Waals surface area contributed by atoms with E-state index in [1.165, 1.54) is 5.69 Å². The second kappa shape index (κ2) is 7.34. The Morgan fingerprint density at radius 2 is 2.26 bits per heavy atom. The van der Waals surface area contributed by atoms with E-state index < -0.39 is 5.60 Å². The van der Waals surface area contributed by atoms with Crippen LogP contribution in [0.1, 0.15) is 52.3 Å². The Labute approximate surface area is 139 Å². The van der Waals surface area contributed by atoms with Crippen LogP contribution in [0.2, 0.25) is 0 Å². The molecule has 0 spiro atoms. The number of likely N-dealkylation sites (tertiary alicyclic amines) is 1. The Balaban J connectivity index is 2.04. The van der Waals surface area contributed by atoms with Gasteiger partial charge in [0.2, 0.25) is 0 Å². The van der Waals surface area contributed by atoms with Crippen molar-refractivity contribution in [1.82, 2.24) is 20.0 Å². The van der Waals surface area contributed by atoms with Crippen LogP contribution in [-0.2, 0) is 11.3 Å². The number of carbonyl (C=O) groups is 1. The molecule has 2 atom stereocenters. The maximum absolute atomic E-state index is 12.2. The predicted molar refractivity (Wildman–Crippen MR) is 90.2 cm³/mol. The molecule has 0 bridgehead atoms. The molecule has 0 aliphatic carbocycles. The highest BCUT2D eigenvalue weighted by atomic mass is 16.6. The molecule has 2 unspecified atom stereocenters. The maximum Gasteiger partial charge on any atom is 0.410 e. The highest BCUT2D eigenvalue weighted by Gasteiger charge is 2.35. The molecule has 23 heavy (non-hydrogen) atoms. The number of aryl methyl sites for hydroxylation is 1. The van der Waals surface area contributed by atoms with Crippen molar-refractivity contribution in [1.29, 1.82) is 0 Å². The molecule has 1 aromatic heterocycles. The number of ether oxygens (including phenoxy) is 1. The molecular weight excluding hydrogens is 292 g/mol. The minimum Gasteiger partial charge on any atom is -0.444 e. The van der Waals surface area contributed by atoms with E-state index >= 15 is 0 Å². The van der Waals surface area contributed by atoms with Crippen molar-refractivity contribution in [2.45, 2.75) is 58.7 Å². The van der Waals surface area contributed by atoms with Crippen molar-refractivity contribution in [3.63, 3.8) is 0 Å². The Morgan fingerprint density at radius 3 is 2.87 bits per heavy atom. The molecule has 0 saturated carbocycles. The van der Waals surface area contributed by atoms with Gasteiger partial charge in [0, 0.05) is 25.8 Å². The fourth-order valence-corrected chi connectivity index (χ4v) is 3.18. The first-order valence-corrected chi connectivity index (χ1v) is 8.52. The van der Waals surface area contributed by atoms with Crippen LogP contribution in [0, 0.1) is 5.92 Å². The fraction of sp³-hybridized carbons (Fsp3) is 0.765. The first-order chi connectivity index (χ1) is 10.9. The Kier molecular flexibility index (Phi) is 5.68. The van der Waals surface area contributed by atoms with Gasteiger partial charge >= 0.3 is 6.09 Å². The van der Waals surface area contributed by atoms with Gasteiger partial charge in [0.25, 0.3) is 0 Å². The van der Waals surface area contributed by atoms with Gasteiger partial charge in [-0.15, -0.1) is 0 Å². The summed E-state index contributed by atoms with van der Waals surface area (Å²) in [6.45, 7) is 10.2. The number of carbonyl (C=O) groups excluding carboxylic acids is 1. The first kappa shape index (κ1) is 17.8. The van der Waals surface area contributed by atoms with Gasteiger partial charge in [0.15, 0.2) is 0 Å². The van der Waals surface area contributed by atoms with Crippen LogP contribution in [0.5, 0.6) is 0 Å². The Morgan fingerprint density at radius 1 is 1.52 bits per heavy atom. The highest BCUT2D eigenvalue weighted by molar-refractivity contribution is 5.68. The van der Waals surface area contributed by atoms with Gasteiger partial charge in [-0.3, -0.25) is 4.68 Å². The molecule has 1 N–H and O–H groups in total. The van der Waals surface area contributed by atoms with Crippen molar-refractivity contribution in [3.05, 3.63) is 18.0 Å². The van der Waals surface area contributed by atoms with Crippen molar-refractivity contribution in [2.75, 3.05) is 20.1 Å². The third-order valence-electron chi connectivity index (χ3n) is 4.16. The number of rotatable bonds is 5. The Bertz CT molecular complexity index is 521. The number of hydrogen-bond acceptors (Lipinski definition) is 4. The van der Waals surface area contributed by atoms with Gasteiger partial charge in [-0.1, -0.05) is 6.92 Å². The molecule has 2 heterocycles. The summed E-state index contributed by atoms with van der Waals surface area (Å²) in [6, 6.07) is 2.28. The van der Waals surface area contributed by atoms with E-state index in [0.717, 1.165) is 32.5 Å². The molecule has 6 heteroatoms. The predicted octanol–water partition coefficient (Wildman–Crippen LogP) is 2.81. The molecule has 6 nitrogen and oxygen atoms in total. The summed E-state index contributed by atoms with van der Waals surface area (Å²) >= 11 is 0.